The number of carboxylic acids is 1. The minimum Gasteiger partial charge on any atom is -0.481 e. The van der Waals surface area contributed by atoms with Crippen LogP contribution in [0.5, 0.6) is 0 Å². The Labute approximate surface area is 203 Å². The third-order valence-electron chi connectivity index (χ3n) is 6.46. The Bertz CT molecular complexity index is 1210. The SMILES string of the molecule is CS(=O)(=O)CCC(NC(=O)OCC1c2ccccc2-c2ccccc21)C(=O)NC1(CC(=O)O)CC1. The smallest absolute Gasteiger partial charge is 0.407 e. The summed E-state index contributed by atoms with van der Waals surface area (Å²) in [6.07, 6.45) is 0.829. The van der Waals surface area contributed by atoms with Gasteiger partial charge in [0, 0.05) is 12.2 Å². The van der Waals surface area contributed by atoms with Crippen molar-refractivity contribution in [1.82, 2.24) is 10.6 Å². The van der Waals surface area contributed by atoms with Crippen molar-refractivity contribution in [2.75, 3.05) is 18.6 Å². The van der Waals surface area contributed by atoms with Gasteiger partial charge in [-0.2, -0.15) is 0 Å². The highest BCUT2D eigenvalue weighted by atomic mass is 32.2. The first-order valence-corrected chi connectivity index (χ1v) is 13.5. The lowest BCUT2D eigenvalue weighted by molar-refractivity contribution is -0.138. The number of carbonyl (C=O) groups excluding carboxylic acids is 2. The summed E-state index contributed by atoms with van der Waals surface area (Å²) in [5.41, 5.74) is 3.38. The zero-order chi connectivity index (χ0) is 25.2. The van der Waals surface area contributed by atoms with Crippen LogP contribution < -0.4 is 10.6 Å². The number of ether oxygens (including phenoxy) is 1. The van der Waals surface area contributed by atoms with Crippen LogP contribution in [0.3, 0.4) is 0 Å². The number of nitrogens with one attached hydrogen (secondary N) is 2. The van der Waals surface area contributed by atoms with Crippen molar-refractivity contribution >= 4 is 27.8 Å². The van der Waals surface area contributed by atoms with Gasteiger partial charge in [0.25, 0.3) is 0 Å². The molecule has 1 fully saturated rings. The number of alkyl carbamates (subject to hydrolysis) is 1. The van der Waals surface area contributed by atoms with E-state index in [-0.39, 0.29) is 31.1 Å². The lowest BCUT2D eigenvalue weighted by atomic mass is 9.98. The summed E-state index contributed by atoms with van der Waals surface area (Å²) >= 11 is 0. The summed E-state index contributed by atoms with van der Waals surface area (Å²) in [6, 6.07) is 14.6. The molecule has 0 bridgehead atoms. The van der Waals surface area contributed by atoms with E-state index >= 15 is 0 Å². The van der Waals surface area contributed by atoms with Crippen molar-refractivity contribution in [1.29, 1.82) is 0 Å². The van der Waals surface area contributed by atoms with Crippen molar-refractivity contribution in [3.05, 3.63) is 59.7 Å². The number of carboxylic acid groups (broad SMARTS) is 1. The molecule has 0 radical (unpaired) electrons. The topological polar surface area (TPSA) is 139 Å². The third kappa shape index (κ3) is 6.00. The van der Waals surface area contributed by atoms with Crippen LogP contribution in [-0.2, 0) is 24.2 Å². The number of hydrogen-bond acceptors (Lipinski definition) is 6. The zero-order valence-electron chi connectivity index (χ0n) is 19.3. The van der Waals surface area contributed by atoms with Gasteiger partial charge in [-0.15, -0.1) is 0 Å². The normalized spacial score (nSPS) is 16.5. The molecule has 2 aromatic rings. The summed E-state index contributed by atoms with van der Waals surface area (Å²) in [5.74, 6) is -2.15. The van der Waals surface area contributed by atoms with Gasteiger partial charge < -0.3 is 20.5 Å². The average molecular weight is 501 g/mol. The van der Waals surface area contributed by atoms with Gasteiger partial charge in [0.15, 0.2) is 0 Å². The largest absolute Gasteiger partial charge is 0.481 e. The Hall–Kier alpha value is -3.40. The molecule has 0 saturated heterocycles. The van der Waals surface area contributed by atoms with E-state index in [0.29, 0.717) is 12.8 Å². The molecule has 2 amide bonds. The van der Waals surface area contributed by atoms with Crippen molar-refractivity contribution in [2.24, 2.45) is 0 Å². The fourth-order valence-electron chi connectivity index (χ4n) is 4.52. The Morgan fingerprint density at radius 3 is 2.14 bits per heavy atom. The number of hydrogen-bond donors (Lipinski definition) is 3. The Morgan fingerprint density at radius 1 is 1.06 bits per heavy atom. The molecule has 186 valence electrons. The molecule has 2 aliphatic rings. The molecule has 0 heterocycles. The molecule has 1 unspecified atom stereocenters. The van der Waals surface area contributed by atoms with Gasteiger partial charge in [-0.05, 0) is 41.5 Å². The number of aliphatic carboxylic acids is 1. The standard InChI is InChI=1S/C25H28N2O7S/c1-35(32,33)13-10-21(23(30)27-25(11-12-25)14-22(28)29)26-24(31)34-15-20-18-8-4-2-6-16(18)17-7-3-5-9-19(17)20/h2-9,20-21H,10-15H2,1H3,(H,26,31)(H,27,30)(H,28,29). The Morgan fingerprint density at radius 2 is 1.63 bits per heavy atom. The van der Waals surface area contributed by atoms with Gasteiger partial charge >= 0.3 is 12.1 Å². The number of fused-ring (bicyclic) bond motifs is 3. The third-order valence-corrected chi connectivity index (χ3v) is 7.44. The monoisotopic (exact) mass is 500 g/mol. The van der Waals surface area contributed by atoms with E-state index in [9.17, 15) is 22.8 Å². The zero-order valence-corrected chi connectivity index (χ0v) is 20.1. The highest BCUT2D eigenvalue weighted by Crippen LogP contribution is 2.44. The Balaban J connectivity index is 1.42. The van der Waals surface area contributed by atoms with Gasteiger partial charge in [0.1, 0.15) is 22.5 Å². The lowest BCUT2D eigenvalue weighted by Crippen LogP contribution is -2.51. The maximum atomic E-state index is 12.9. The highest BCUT2D eigenvalue weighted by Gasteiger charge is 2.46. The van der Waals surface area contributed by atoms with E-state index < -0.39 is 39.4 Å². The molecule has 1 atom stereocenters. The van der Waals surface area contributed by atoms with Crippen LogP contribution in [0.2, 0.25) is 0 Å². The van der Waals surface area contributed by atoms with Crippen LogP contribution in [0.15, 0.2) is 48.5 Å². The van der Waals surface area contributed by atoms with Gasteiger partial charge in [-0.3, -0.25) is 9.59 Å². The number of carbonyl (C=O) groups is 3. The molecule has 0 aromatic heterocycles. The van der Waals surface area contributed by atoms with E-state index in [1.54, 1.807) is 0 Å². The van der Waals surface area contributed by atoms with Crippen LogP contribution in [-0.4, -0.2) is 61.7 Å². The Kier molecular flexibility index (Phi) is 6.84. The van der Waals surface area contributed by atoms with Gasteiger partial charge in [-0.25, -0.2) is 13.2 Å². The van der Waals surface area contributed by atoms with Crippen molar-refractivity contribution in [2.45, 2.75) is 43.2 Å². The average Bonchev–Trinajstić information content (AvgIpc) is 3.45. The van der Waals surface area contributed by atoms with Crippen molar-refractivity contribution in [3.63, 3.8) is 0 Å². The van der Waals surface area contributed by atoms with Gasteiger partial charge in [0.2, 0.25) is 5.91 Å². The van der Waals surface area contributed by atoms with E-state index in [1.165, 1.54) is 0 Å². The first kappa shape index (κ1) is 24.7. The van der Waals surface area contributed by atoms with E-state index in [4.69, 9.17) is 9.84 Å². The van der Waals surface area contributed by atoms with Crippen LogP contribution in [0.4, 0.5) is 4.79 Å². The molecule has 35 heavy (non-hydrogen) atoms. The summed E-state index contributed by atoms with van der Waals surface area (Å²) in [7, 11) is -3.39. The van der Waals surface area contributed by atoms with Crippen LogP contribution >= 0.6 is 0 Å². The second-order valence-electron chi connectivity index (χ2n) is 9.28. The quantitative estimate of drug-likeness (QED) is 0.455. The van der Waals surface area contributed by atoms with E-state index in [1.807, 2.05) is 48.5 Å². The summed E-state index contributed by atoms with van der Waals surface area (Å²) in [6.45, 7) is 0.0449. The molecular formula is C25H28N2O7S. The van der Waals surface area contributed by atoms with Gasteiger partial charge in [0.05, 0.1) is 17.7 Å². The van der Waals surface area contributed by atoms with E-state index in [0.717, 1.165) is 28.5 Å². The minimum atomic E-state index is -3.39. The second kappa shape index (κ2) is 9.69. The van der Waals surface area contributed by atoms with Crippen LogP contribution in [0, 0.1) is 0 Å². The number of benzene rings is 2. The lowest BCUT2D eigenvalue weighted by Gasteiger charge is -2.22. The predicted molar refractivity (Wildman–Crippen MR) is 129 cm³/mol. The van der Waals surface area contributed by atoms with Crippen molar-refractivity contribution < 1.29 is 32.6 Å². The fraction of sp³-hybridized carbons (Fsp3) is 0.400. The van der Waals surface area contributed by atoms with Crippen molar-refractivity contribution in [3.8, 4) is 11.1 Å². The molecule has 1 saturated carbocycles. The first-order chi connectivity index (χ1) is 16.6. The second-order valence-corrected chi connectivity index (χ2v) is 11.5. The van der Waals surface area contributed by atoms with Gasteiger partial charge in [-0.1, -0.05) is 48.5 Å². The highest BCUT2D eigenvalue weighted by molar-refractivity contribution is 7.90. The number of rotatable bonds is 10. The van der Waals surface area contributed by atoms with E-state index in [2.05, 4.69) is 10.6 Å². The summed E-state index contributed by atoms with van der Waals surface area (Å²) in [4.78, 5) is 36.6. The molecule has 10 heteroatoms. The number of sulfone groups is 1. The molecule has 0 spiro atoms. The molecule has 2 aromatic carbocycles. The number of amides is 2. The maximum absolute atomic E-state index is 12.9. The molecular weight excluding hydrogens is 472 g/mol. The molecule has 4 rings (SSSR count). The summed E-state index contributed by atoms with van der Waals surface area (Å²) < 4.78 is 28.8. The molecule has 3 N–H and O–H groups in total. The molecule has 2 aliphatic carbocycles. The van der Waals surface area contributed by atoms with Crippen LogP contribution in [0.1, 0.15) is 42.7 Å². The summed E-state index contributed by atoms with van der Waals surface area (Å²) in [5, 5.41) is 14.2. The predicted octanol–water partition coefficient (Wildman–Crippen LogP) is 2.45. The maximum Gasteiger partial charge on any atom is 0.407 e. The molecule has 9 nitrogen and oxygen atoms in total. The minimum absolute atomic E-state index is 0.0449. The van der Waals surface area contributed by atoms with Crippen LogP contribution in [0.25, 0.3) is 11.1 Å². The first-order valence-electron chi connectivity index (χ1n) is 11.4. The molecule has 0 aliphatic heterocycles. The fourth-order valence-corrected chi connectivity index (χ4v) is 5.18.